The molecular formula is C30H34F3N8O5P. The number of anilines is 4. The molecule has 0 saturated carbocycles. The molecular weight excluding hydrogens is 640 g/mol. The predicted octanol–water partition coefficient (Wildman–Crippen LogP) is 6.49. The lowest BCUT2D eigenvalue weighted by atomic mass is 10.0. The zero-order valence-corrected chi connectivity index (χ0v) is 27.2. The first-order chi connectivity index (χ1) is 22.2. The molecule has 17 heteroatoms. The summed E-state index contributed by atoms with van der Waals surface area (Å²) in [4.78, 5) is 25.4. The molecule has 4 aromatic rings. The SMILES string of the molecule is CCO[P@@]1(=O)Cc2ccc(c(OC)c2)Nc2ncc(C(F)(F)F)c(n2)Nc2ccc(nc2C(=O)NC)-c2cnn(c2)C(C)(C)CCO1. The summed E-state index contributed by atoms with van der Waals surface area (Å²) in [5.41, 5.74) is -0.142. The van der Waals surface area contributed by atoms with Gasteiger partial charge in [-0.2, -0.15) is 23.3 Å². The second-order valence-corrected chi connectivity index (χ2v) is 13.2. The summed E-state index contributed by atoms with van der Waals surface area (Å²) >= 11 is 0. The molecule has 4 aliphatic heterocycles. The van der Waals surface area contributed by atoms with Crippen LogP contribution in [0.2, 0.25) is 0 Å². The first-order valence-electron chi connectivity index (χ1n) is 14.6. The summed E-state index contributed by atoms with van der Waals surface area (Å²) in [5.74, 6) is -1.17. The van der Waals surface area contributed by atoms with Gasteiger partial charge in [-0.05, 0) is 57.0 Å². The number of pyridine rings is 1. The van der Waals surface area contributed by atoms with E-state index in [0.717, 1.165) is 0 Å². The fraction of sp³-hybridized carbons (Fsp3) is 0.367. The number of hydrogen-bond acceptors (Lipinski definition) is 11. The smallest absolute Gasteiger partial charge is 0.421 e. The van der Waals surface area contributed by atoms with Crippen LogP contribution in [-0.2, 0) is 31.5 Å². The maximum Gasteiger partial charge on any atom is 0.421 e. The zero-order chi connectivity index (χ0) is 34.0. The van der Waals surface area contributed by atoms with E-state index in [1.807, 2.05) is 13.8 Å². The Kier molecular flexibility index (Phi) is 9.57. The number of hydrogen-bond donors (Lipinski definition) is 3. The van der Waals surface area contributed by atoms with Gasteiger partial charge >= 0.3 is 13.8 Å². The number of alkyl halides is 3. The number of rotatable bonds is 4. The van der Waals surface area contributed by atoms with Crippen LogP contribution in [-0.4, -0.2) is 58.0 Å². The van der Waals surface area contributed by atoms with Crippen molar-refractivity contribution in [2.24, 2.45) is 0 Å². The fourth-order valence-corrected chi connectivity index (χ4v) is 6.49. The van der Waals surface area contributed by atoms with E-state index in [1.165, 1.54) is 20.2 Å². The minimum absolute atomic E-state index is 0.0177. The number of nitrogens with one attached hydrogen (secondary N) is 3. The van der Waals surface area contributed by atoms with Crippen molar-refractivity contribution in [3.05, 3.63) is 65.7 Å². The Balaban J connectivity index is 1.66. The number of carbonyl (C=O) groups excluding carboxylic acids is 1. The Morgan fingerprint density at radius 1 is 1.15 bits per heavy atom. The van der Waals surface area contributed by atoms with Gasteiger partial charge in [0.2, 0.25) is 5.95 Å². The van der Waals surface area contributed by atoms with Gasteiger partial charge < -0.3 is 29.7 Å². The van der Waals surface area contributed by atoms with Gasteiger partial charge in [0.25, 0.3) is 5.91 Å². The molecule has 0 aliphatic carbocycles. The maximum absolute atomic E-state index is 14.1. The van der Waals surface area contributed by atoms with Crippen LogP contribution < -0.4 is 20.7 Å². The van der Waals surface area contributed by atoms with Crippen LogP contribution in [0.3, 0.4) is 0 Å². The fourth-order valence-electron chi connectivity index (χ4n) is 4.83. The molecule has 1 atom stereocenters. The molecule has 1 aromatic carbocycles. The average molecular weight is 675 g/mol. The van der Waals surface area contributed by atoms with Crippen LogP contribution >= 0.6 is 7.60 Å². The molecule has 3 aromatic heterocycles. The van der Waals surface area contributed by atoms with Crippen molar-refractivity contribution < 1.29 is 36.3 Å². The van der Waals surface area contributed by atoms with Crippen LogP contribution in [0.5, 0.6) is 5.75 Å². The summed E-state index contributed by atoms with van der Waals surface area (Å²) < 4.78 is 74.8. The van der Waals surface area contributed by atoms with Crippen molar-refractivity contribution in [1.82, 2.24) is 30.0 Å². The van der Waals surface area contributed by atoms with Crippen molar-refractivity contribution in [3.63, 3.8) is 0 Å². The lowest BCUT2D eigenvalue weighted by Gasteiger charge is -2.26. The quantitative estimate of drug-likeness (QED) is 0.203. The number of methoxy groups -OCH3 is 1. The minimum Gasteiger partial charge on any atom is -0.495 e. The standard InChI is InChI=1S/C30H34F3N8O5P/c1-6-45-47(43)17-18-7-8-22(24(13-18)44-5)39-28-35-15-20(30(31,32)33)26(40-28)38-23-10-9-21(37-25(23)27(42)34-4)19-14-36-41(16-19)29(2,3)11-12-46-47/h7-10,13-16H,6,11-12,17H2,1-5H3,(H,34,42)(H2,35,38,39,40)/t47-/m0/s1. The average Bonchev–Trinajstić information content (AvgIpc) is 3.52. The molecule has 8 rings (SSSR count). The molecule has 4 aliphatic rings. The van der Waals surface area contributed by atoms with E-state index in [0.29, 0.717) is 35.1 Å². The highest BCUT2D eigenvalue weighted by Crippen LogP contribution is 2.52. The lowest BCUT2D eigenvalue weighted by molar-refractivity contribution is -0.137. The first kappa shape index (κ1) is 33.8. The second-order valence-electron chi connectivity index (χ2n) is 11.2. The number of amides is 1. The van der Waals surface area contributed by atoms with E-state index in [9.17, 15) is 22.5 Å². The van der Waals surface area contributed by atoms with Crippen LogP contribution in [0.25, 0.3) is 11.3 Å². The van der Waals surface area contributed by atoms with Gasteiger partial charge in [0.05, 0.1) is 55.3 Å². The third kappa shape index (κ3) is 7.56. The van der Waals surface area contributed by atoms with Crippen molar-refractivity contribution in [2.45, 2.75) is 45.1 Å². The molecule has 7 heterocycles. The Bertz CT molecular complexity index is 1830. The van der Waals surface area contributed by atoms with Gasteiger partial charge in [-0.1, -0.05) is 6.07 Å². The molecule has 8 bridgehead atoms. The Hall–Kier alpha value is -4.53. The monoisotopic (exact) mass is 674 g/mol. The van der Waals surface area contributed by atoms with Gasteiger partial charge in [-0.25, -0.2) is 9.97 Å². The Morgan fingerprint density at radius 3 is 2.62 bits per heavy atom. The van der Waals surface area contributed by atoms with Gasteiger partial charge in [-0.3, -0.25) is 14.0 Å². The van der Waals surface area contributed by atoms with E-state index in [-0.39, 0.29) is 42.5 Å². The maximum atomic E-state index is 14.1. The van der Waals surface area contributed by atoms with Crippen LogP contribution in [0.4, 0.5) is 36.3 Å². The topological polar surface area (TPSA) is 154 Å². The number of aromatic nitrogens is 5. The number of carbonyl (C=O) groups is 1. The predicted molar refractivity (Wildman–Crippen MR) is 168 cm³/mol. The van der Waals surface area contributed by atoms with Crippen LogP contribution in [0, 0.1) is 0 Å². The molecule has 250 valence electrons. The molecule has 47 heavy (non-hydrogen) atoms. The number of nitrogens with zero attached hydrogens (tertiary/aromatic N) is 5. The largest absolute Gasteiger partial charge is 0.495 e. The molecule has 13 nitrogen and oxygen atoms in total. The summed E-state index contributed by atoms with van der Waals surface area (Å²) in [6.45, 7) is 5.84. The number of benzene rings is 1. The third-order valence-electron chi connectivity index (χ3n) is 7.40. The van der Waals surface area contributed by atoms with E-state index >= 15 is 0 Å². The van der Waals surface area contributed by atoms with E-state index in [2.05, 4.69) is 36.0 Å². The summed E-state index contributed by atoms with van der Waals surface area (Å²) in [5, 5.41) is 12.5. The van der Waals surface area contributed by atoms with Crippen LogP contribution in [0.1, 0.15) is 48.8 Å². The Morgan fingerprint density at radius 2 is 1.91 bits per heavy atom. The molecule has 0 saturated heterocycles. The zero-order valence-electron chi connectivity index (χ0n) is 26.3. The van der Waals surface area contributed by atoms with Crippen molar-refractivity contribution in [1.29, 1.82) is 0 Å². The highest BCUT2D eigenvalue weighted by atomic mass is 31.2. The van der Waals surface area contributed by atoms with Gasteiger partial charge in [-0.15, -0.1) is 0 Å². The number of halogens is 3. The van der Waals surface area contributed by atoms with Crippen LogP contribution in [0.15, 0.2) is 48.9 Å². The second kappa shape index (κ2) is 13.3. The summed E-state index contributed by atoms with van der Waals surface area (Å²) in [6, 6.07) is 7.86. The van der Waals surface area contributed by atoms with Gasteiger partial charge in [0.15, 0.2) is 5.69 Å². The lowest BCUT2D eigenvalue weighted by Crippen LogP contribution is -2.28. The highest BCUT2D eigenvalue weighted by Gasteiger charge is 2.36. The van der Waals surface area contributed by atoms with Gasteiger partial charge in [0.1, 0.15) is 17.1 Å². The van der Waals surface area contributed by atoms with Crippen molar-refractivity contribution in [2.75, 3.05) is 38.0 Å². The van der Waals surface area contributed by atoms with Crippen molar-refractivity contribution >= 4 is 36.6 Å². The molecule has 0 unspecified atom stereocenters. The first-order valence-corrected chi connectivity index (χ1v) is 16.3. The normalized spacial score (nSPS) is 18.0. The third-order valence-corrected chi connectivity index (χ3v) is 9.38. The van der Waals surface area contributed by atoms with E-state index in [4.69, 9.17) is 13.8 Å². The van der Waals surface area contributed by atoms with Gasteiger partial charge in [0, 0.05) is 25.0 Å². The van der Waals surface area contributed by atoms with Crippen molar-refractivity contribution in [3.8, 4) is 17.0 Å². The minimum atomic E-state index is -4.83. The molecule has 3 N–H and O–H groups in total. The summed E-state index contributed by atoms with van der Waals surface area (Å²) in [6.07, 6.45) is -0.545. The number of ether oxygens (including phenoxy) is 1. The molecule has 0 spiro atoms. The summed E-state index contributed by atoms with van der Waals surface area (Å²) in [7, 11) is -0.812. The molecule has 1 amide bonds. The molecule has 0 fully saturated rings. The van der Waals surface area contributed by atoms with E-state index in [1.54, 1.807) is 48.3 Å². The molecule has 0 radical (unpaired) electrons. The van der Waals surface area contributed by atoms with E-state index < -0.39 is 36.6 Å². The Labute approximate surface area is 268 Å². The highest BCUT2D eigenvalue weighted by molar-refractivity contribution is 7.53.